The Labute approximate surface area is 75.8 Å². The van der Waals surface area contributed by atoms with Crippen LogP contribution < -0.4 is 5.73 Å². The van der Waals surface area contributed by atoms with Gasteiger partial charge in [0.05, 0.1) is 5.67 Å². The molecule has 0 heterocycles. The van der Waals surface area contributed by atoms with Gasteiger partial charge in [0.2, 0.25) is 0 Å². The first-order valence-corrected chi connectivity index (χ1v) is 6.66. The molecule has 0 fully saturated rings. The highest BCUT2D eigenvalue weighted by Crippen LogP contribution is 2.11. The molecule has 0 aromatic heterocycles. The highest BCUT2D eigenvalue weighted by Gasteiger charge is 2.36. The van der Waals surface area contributed by atoms with Gasteiger partial charge in [-0.05, 0) is 20.4 Å². The van der Waals surface area contributed by atoms with Crippen molar-refractivity contribution in [1.29, 1.82) is 0 Å². The molecule has 0 radical (unpaired) electrons. The van der Waals surface area contributed by atoms with Crippen LogP contribution in [-0.2, 0) is 8.85 Å². The molecule has 2 N–H and O–H groups in total. The topological polar surface area (TPSA) is 44.5 Å². The van der Waals surface area contributed by atoms with E-state index in [4.69, 9.17) is 14.6 Å². The highest BCUT2D eigenvalue weighted by molar-refractivity contribution is 6.68. The average Bonchev–Trinajstić information content (AvgIpc) is 2.04. The van der Waals surface area contributed by atoms with Crippen molar-refractivity contribution in [1.82, 2.24) is 0 Å². The molecule has 3 nitrogen and oxygen atoms in total. The lowest BCUT2D eigenvalue weighted by Gasteiger charge is -2.29. The van der Waals surface area contributed by atoms with E-state index in [1.165, 1.54) is 0 Å². The van der Waals surface area contributed by atoms with E-state index in [9.17, 15) is 0 Å². The quantitative estimate of drug-likeness (QED) is 0.504. The van der Waals surface area contributed by atoms with Crippen LogP contribution in [0, 0.1) is 0 Å². The lowest BCUT2D eigenvalue weighted by molar-refractivity contribution is 0.184. The van der Waals surface area contributed by atoms with Gasteiger partial charge in [-0.15, -0.1) is 6.58 Å². The van der Waals surface area contributed by atoms with Crippen LogP contribution >= 0.6 is 0 Å². The maximum absolute atomic E-state index is 5.82. The van der Waals surface area contributed by atoms with Gasteiger partial charge in [-0.2, -0.15) is 0 Å². The van der Waals surface area contributed by atoms with Crippen LogP contribution in [0.25, 0.3) is 0 Å². The summed E-state index contributed by atoms with van der Waals surface area (Å²) in [6.45, 7) is 10.8. The Kier molecular flexibility index (Phi) is 5.40. The summed E-state index contributed by atoms with van der Waals surface area (Å²) in [6.07, 6.45) is 1.69. The van der Waals surface area contributed by atoms with E-state index in [0.717, 1.165) is 0 Å². The van der Waals surface area contributed by atoms with Crippen LogP contribution in [0.5, 0.6) is 0 Å². The average molecular weight is 189 g/mol. The van der Waals surface area contributed by atoms with Gasteiger partial charge in [0.15, 0.2) is 0 Å². The van der Waals surface area contributed by atoms with Crippen LogP contribution in [-0.4, -0.2) is 27.4 Å². The van der Waals surface area contributed by atoms with Crippen molar-refractivity contribution < 1.29 is 8.85 Å². The fourth-order valence-corrected chi connectivity index (χ4v) is 3.06. The minimum Gasteiger partial charge on any atom is -0.394 e. The van der Waals surface area contributed by atoms with E-state index in [1.807, 2.05) is 20.4 Å². The number of nitrogens with two attached hydrogens (primary N) is 1. The highest BCUT2D eigenvalue weighted by atomic mass is 28.4. The molecule has 0 spiro atoms. The number of rotatable bonds is 6. The van der Waals surface area contributed by atoms with Gasteiger partial charge in [-0.25, -0.2) is 0 Å². The summed E-state index contributed by atoms with van der Waals surface area (Å²) in [5, 5.41) is 0. The zero-order valence-electron chi connectivity index (χ0n) is 8.17. The first kappa shape index (κ1) is 11.8. The molecule has 72 valence electrons. The summed E-state index contributed by atoms with van der Waals surface area (Å²) in [7, 11) is -2.19. The first-order valence-electron chi connectivity index (χ1n) is 4.26. The lowest BCUT2D eigenvalue weighted by atomic mass is 10.6. The molecule has 0 aliphatic carbocycles. The molecule has 4 heteroatoms. The lowest BCUT2D eigenvalue weighted by Crippen LogP contribution is -2.54. The second-order valence-electron chi connectivity index (χ2n) is 2.64. The van der Waals surface area contributed by atoms with Crippen molar-refractivity contribution in [3.05, 3.63) is 12.7 Å². The molecular formula is C8H19NO2Si. The molecule has 12 heavy (non-hydrogen) atoms. The van der Waals surface area contributed by atoms with Gasteiger partial charge in [-0.1, -0.05) is 6.08 Å². The summed E-state index contributed by atoms with van der Waals surface area (Å²) in [4.78, 5) is 0. The maximum Gasteiger partial charge on any atom is 0.356 e. The molecule has 0 aliphatic rings. The normalized spacial score (nSPS) is 14.3. The monoisotopic (exact) mass is 189 g/mol. The minimum absolute atomic E-state index is 0.155. The Morgan fingerprint density at radius 3 is 2.08 bits per heavy atom. The Balaban J connectivity index is 4.25. The molecule has 1 unspecified atom stereocenters. The van der Waals surface area contributed by atoms with Gasteiger partial charge in [0, 0.05) is 13.2 Å². The van der Waals surface area contributed by atoms with Gasteiger partial charge < -0.3 is 14.6 Å². The van der Waals surface area contributed by atoms with Crippen LogP contribution in [0.4, 0.5) is 0 Å². The third kappa shape index (κ3) is 3.06. The van der Waals surface area contributed by atoms with Crippen molar-refractivity contribution in [2.24, 2.45) is 5.73 Å². The number of hydrogen-bond acceptors (Lipinski definition) is 3. The molecule has 0 bridgehead atoms. The Bertz CT molecular complexity index is 135. The molecule has 0 rings (SSSR count). The van der Waals surface area contributed by atoms with E-state index >= 15 is 0 Å². The van der Waals surface area contributed by atoms with Crippen molar-refractivity contribution in [2.75, 3.05) is 13.2 Å². The fourth-order valence-electron chi connectivity index (χ4n) is 1.02. The van der Waals surface area contributed by atoms with Gasteiger partial charge in [0.1, 0.15) is 0 Å². The largest absolute Gasteiger partial charge is 0.394 e. The number of hydrogen-bond donors (Lipinski definition) is 1. The first-order chi connectivity index (χ1) is 5.60. The van der Waals surface area contributed by atoms with E-state index in [0.29, 0.717) is 13.2 Å². The predicted octanol–water partition coefficient (Wildman–Crippen LogP) is 1.18. The molecule has 0 aliphatic heterocycles. The Morgan fingerprint density at radius 1 is 1.42 bits per heavy atom. The summed E-state index contributed by atoms with van der Waals surface area (Å²) >= 11 is 0. The standard InChI is InChI=1S/C8H19NO2Si/c1-5-8(9)12(4,10-6-2)11-7-3/h5,8H,1,6-7,9H2,2-4H3. The molecular weight excluding hydrogens is 170 g/mol. The van der Waals surface area contributed by atoms with Crippen LogP contribution in [0.1, 0.15) is 13.8 Å². The summed E-state index contributed by atoms with van der Waals surface area (Å²) in [5.41, 5.74) is 5.66. The third-order valence-corrected chi connectivity index (χ3v) is 4.89. The van der Waals surface area contributed by atoms with Gasteiger partial charge in [0.25, 0.3) is 0 Å². The molecule has 1 atom stereocenters. The summed E-state index contributed by atoms with van der Waals surface area (Å²) in [5.74, 6) is 0. The van der Waals surface area contributed by atoms with Crippen LogP contribution in [0.3, 0.4) is 0 Å². The maximum atomic E-state index is 5.82. The van der Waals surface area contributed by atoms with Crippen LogP contribution in [0.2, 0.25) is 6.55 Å². The van der Waals surface area contributed by atoms with Crippen molar-refractivity contribution in [3.63, 3.8) is 0 Å². The fraction of sp³-hybridized carbons (Fsp3) is 0.750. The summed E-state index contributed by atoms with van der Waals surface area (Å²) < 4.78 is 11.1. The van der Waals surface area contributed by atoms with Gasteiger partial charge in [-0.3, -0.25) is 0 Å². The van der Waals surface area contributed by atoms with E-state index < -0.39 is 8.56 Å². The SMILES string of the molecule is C=CC(N)[Si](C)(OCC)OCC. The van der Waals surface area contributed by atoms with Gasteiger partial charge >= 0.3 is 8.56 Å². The van der Waals surface area contributed by atoms with E-state index in [-0.39, 0.29) is 5.67 Å². The second-order valence-corrected chi connectivity index (χ2v) is 5.92. The van der Waals surface area contributed by atoms with Crippen molar-refractivity contribution in [3.8, 4) is 0 Å². The predicted molar refractivity (Wildman–Crippen MR) is 53.0 cm³/mol. The smallest absolute Gasteiger partial charge is 0.356 e. The molecule has 0 aromatic carbocycles. The van der Waals surface area contributed by atoms with E-state index in [1.54, 1.807) is 6.08 Å². The zero-order chi connectivity index (χ0) is 9.61. The molecule has 0 saturated carbocycles. The summed E-state index contributed by atoms with van der Waals surface area (Å²) in [6, 6.07) is 0. The van der Waals surface area contributed by atoms with Crippen molar-refractivity contribution >= 4 is 8.56 Å². The van der Waals surface area contributed by atoms with E-state index in [2.05, 4.69) is 6.58 Å². The Morgan fingerprint density at radius 2 is 1.83 bits per heavy atom. The third-order valence-electron chi connectivity index (χ3n) is 1.72. The molecule has 0 aromatic rings. The minimum atomic E-state index is -2.19. The Hall–Kier alpha value is -0.163. The molecule has 0 amide bonds. The van der Waals surface area contributed by atoms with Crippen molar-refractivity contribution in [2.45, 2.75) is 26.1 Å². The second kappa shape index (κ2) is 5.48. The molecule has 0 saturated heterocycles. The zero-order valence-corrected chi connectivity index (χ0v) is 9.17. The van der Waals surface area contributed by atoms with Crippen LogP contribution in [0.15, 0.2) is 12.7 Å².